The zero-order chi connectivity index (χ0) is 22.0. The maximum Gasteiger partial charge on any atom is 0.244 e. The first kappa shape index (κ1) is 20.9. The number of fused-ring (bicyclic) bond motifs is 1. The zero-order valence-electron chi connectivity index (χ0n) is 16.6. The van der Waals surface area contributed by atoms with E-state index < -0.39 is 0 Å². The van der Waals surface area contributed by atoms with Crippen molar-refractivity contribution in [2.45, 2.75) is 13.3 Å². The molecule has 2 amide bonds. The molecule has 2 heterocycles. The predicted octanol–water partition coefficient (Wildman–Crippen LogP) is 4.79. The molecule has 1 aliphatic rings. The highest BCUT2D eigenvalue weighted by molar-refractivity contribution is 9.10. The molecule has 156 valence electrons. The second-order valence-electron chi connectivity index (χ2n) is 7.08. The van der Waals surface area contributed by atoms with E-state index in [9.17, 15) is 14.0 Å². The third kappa shape index (κ3) is 4.69. The van der Waals surface area contributed by atoms with Gasteiger partial charge in [0.25, 0.3) is 0 Å². The van der Waals surface area contributed by atoms with Crippen LogP contribution in [0.1, 0.15) is 17.5 Å². The van der Waals surface area contributed by atoms with Gasteiger partial charge in [-0.15, -0.1) is 0 Å². The zero-order valence-corrected chi connectivity index (χ0v) is 18.2. The Labute approximate surface area is 187 Å². The van der Waals surface area contributed by atoms with E-state index >= 15 is 0 Å². The highest BCUT2D eigenvalue weighted by atomic mass is 79.9. The van der Waals surface area contributed by atoms with Crippen LogP contribution in [0.5, 0.6) is 0 Å². The number of halogens is 2. The lowest BCUT2D eigenvalue weighted by Crippen LogP contribution is -2.39. The number of benzene rings is 2. The first-order valence-corrected chi connectivity index (χ1v) is 10.3. The second-order valence-corrected chi connectivity index (χ2v) is 7.93. The van der Waals surface area contributed by atoms with Gasteiger partial charge in [0.1, 0.15) is 18.0 Å². The molecular formula is C23H18BrFN4O2. The molecule has 4 rings (SSSR count). The largest absolute Gasteiger partial charge is 0.325 e. The molecule has 0 saturated carbocycles. The van der Waals surface area contributed by atoms with Gasteiger partial charge in [-0.1, -0.05) is 28.1 Å². The van der Waals surface area contributed by atoms with Gasteiger partial charge >= 0.3 is 0 Å². The lowest BCUT2D eigenvalue weighted by molar-refractivity contribution is -0.120. The molecule has 31 heavy (non-hydrogen) atoms. The van der Waals surface area contributed by atoms with E-state index in [2.05, 4.69) is 31.2 Å². The van der Waals surface area contributed by atoms with E-state index in [0.717, 1.165) is 10.0 Å². The van der Waals surface area contributed by atoms with Gasteiger partial charge in [-0.25, -0.2) is 14.4 Å². The van der Waals surface area contributed by atoms with Crippen molar-refractivity contribution < 1.29 is 14.0 Å². The van der Waals surface area contributed by atoms with E-state index in [1.54, 1.807) is 36.5 Å². The maximum absolute atomic E-state index is 13.3. The first-order chi connectivity index (χ1) is 14.9. The second kappa shape index (κ2) is 8.77. The summed E-state index contributed by atoms with van der Waals surface area (Å²) in [7, 11) is 0. The molecule has 1 aromatic heterocycles. The lowest BCUT2D eigenvalue weighted by Gasteiger charge is -2.20. The number of amides is 2. The number of aromatic nitrogens is 1. The van der Waals surface area contributed by atoms with Gasteiger partial charge in [-0.05, 0) is 60.5 Å². The van der Waals surface area contributed by atoms with Crippen molar-refractivity contribution in [3.8, 4) is 0 Å². The average Bonchev–Trinajstić information content (AvgIpc) is 2.88. The van der Waals surface area contributed by atoms with Crippen LogP contribution in [-0.2, 0) is 9.59 Å². The smallest absolute Gasteiger partial charge is 0.244 e. The topological polar surface area (TPSA) is 74.7 Å². The number of rotatable bonds is 4. The van der Waals surface area contributed by atoms with Gasteiger partial charge in [0.2, 0.25) is 11.8 Å². The fourth-order valence-corrected chi connectivity index (χ4v) is 3.51. The van der Waals surface area contributed by atoms with Crippen molar-refractivity contribution >= 4 is 50.6 Å². The number of hydrogen-bond acceptors (Lipinski definition) is 4. The summed E-state index contributed by atoms with van der Waals surface area (Å²) in [6.07, 6.45) is 1.51. The number of aryl methyl sites for hydroxylation is 1. The molecule has 0 radical (unpaired) electrons. The monoisotopic (exact) mass is 480 g/mol. The highest BCUT2D eigenvalue weighted by Gasteiger charge is 2.27. The molecule has 3 aromatic rings. The highest BCUT2D eigenvalue weighted by Crippen LogP contribution is 2.31. The molecule has 1 N–H and O–H groups in total. The Hall–Kier alpha value is -3.39. The van der Waals surface area contributed by atoms with Crippen LogP contribution < -0.4 is 10.2 Å². The van der Waals surface area contributed by atoms with E-state index in [4.69, 9.17) is 0 Å². The van der Waals surface area contributed by atoms with E-state index in [1.165, 1.54) is 17.0 Å². The lowest BCUT2D eigenvalue weighted by atomic mass is 10.1. The third-order valence-electron chi connectivity index (χ3n) is 4.82. The van der Waals surface area contributed by atoms with Crippen molar-refractivity contribution in [1.29, 1.82) is 0 Å². The van der Waals surface area contributed by atoms with Gasteiger partial charge in [0.15, 0.2) is 5.82 Å². The number of aliphatic imine (C=N–C) groups is 1. The number of nitrogens with one attached hydrogen (secondary N) is 1. The Morgan fingerprint density at radius 3 is 2.71 bits per heavy atom. The molecule has 2 aromatic carbocycles. The Morgan fingerprint density at radius 1 is 1.19 bits per heavy atom. The standard InChI is InChI=1S/C23H18BrFN4O2/c1-14-11-17(8-9-18(14)24)27-21(30)13-29-22(31)12-20(15-4-6-16(25)7-5-15)28-19-3-2-10-26-23(19)29/h2-11H,12-13H2,1H3,(H,27,30). The summed E-state index contributed by atoms with van der Waals surface area (Å²) in [6.45, 7) is 1.72. The van der Waals surface area contributed by atoms with Crippen LogP contribution in [0, 0.1) is 12.7 Å². The molecule has 0 bridgehead atoms. The van der Waals surface area contributed by atoms with Crippen molar-refractivity contribution in [1.82, 2.24) is 4.98 Å². The van der Waals surface area contributed by atoms with E-state index in [0.29, 0.717) is 28.5 Å². The molecule has 0 saturated heterocycles. The summed E-state index contributed by atoms with van der Waals surface area (Å²) in [4.78, 5) is 36.0. The molecule has 0 fully saturated rings. The van der Waals surface area contributed by atoms with E-state index in [-0.39, 0.29) is 30.6 Å². The van der Waals surface area contributed by atoms with Crippen LogP contribution in [0.15, 0.2) is 70.3 Å². The Morgan fingerprint density at radius 2 is 1.97 bits per heavy atom. The Kier molecular flexibility index (Phi) is 5.90. The summed E-state index contributed by atoms with van der Waals surface area (Å²) in [6, 6.07) is 14.7. The third-order valence-corrected chi connectivity index (χ3v) is 5.71. The normalized spacial score (nSPS) is 13.3. The fraction of sp³-hybridized carbons (Fsp3) is 0.130. The Balaban J connectivity index is 1.59. The quantitative estimate of drug-likeness (QED) is 0.583. The first-order valence-electron chi connectivity index (χ1n) is 9.55. The summed E-state index contributed by atoms with van der Waals surface area (Å²) >= 11 is 3.43. The molecular weight excluding hydrogens is 463 g/mol. The maximum atomic E-state index is 13.3. The summed E-state index contributed by atoms with van der Waals surface area (Å²) in [5.41, 5.74) is 3.22. The van der Waals surface area contributed by atoms with Gasteiger partial charge < -0.3 is 5.32 Å². The number of nitrogens with zero attached hydrogens (tertiary/aromatic N) is 3. The SMILES string of the molecule is Cc1cc(NC(=O)CN2C(=O)CC(c3ccc(F)cc3)=Nc3cccnc32)ccc1Br. The number of hydrogen-bond donors (Lipinski definition) is 1. The minimum atomic E-state index is -0.368. The summed E-state index contributed by atoms with van der Waals surface area (Å²) in [5, 5.41) is 2.82. The summed E-state index contributed by atoms with van der Waals surface area (Å²) < 4.78 is 14.3. The van der Waals surface area contributed by atoms with Crippen LogP contribution >= 0.6 is 15.9 Å². The van der Waals surface area contributed by atoms with Gasteiger partial charge in [-0.2, -0.15) is 0 Å². The van der Waals surface area contributed by atoms with Crippen LogP contribution in [0.4, 0.5) is 21.6 Å². The Bertz CT molecular complexity index is 1190. The van der Waals surface area contributed by atoms with Crippen LogP contribution in [0.25, 0.3) is 0 Å². The van der Waals surface area contributed by atoms with Gasteiger partial charge in [0, 0.05) is 16.4 Å². The number of anilines is 2. The van der Waals surface area contributed by atoms with Gasteiger partial charge in [0.05, 0.1) is 12.1 Å². The van der Waals surface area contributed by atoms with Gasteiger partial charge in [-0.3, -0.25) is 14.5 Å². The molecule has 1 aliphatic heterocycles. The molecule has 0 atom stereocenters. The van der Waals surface area contributed by atoms with Crippen molar-refractivity contribution in [2.75, 3.05) is 16.8 Å². The predicted molar refractivity (Wildman–Crippen MR) is 121 cm³/mol. The number of carbonyl (C=O) groups is 2. The molecule has 0 unspecified atom stereocenters. The minimum absolute atomic E-state index is 0.0351. The van der Waals surface area contributed by atoms with Crippen molar-refractivity contribution in [2.24, 2.45) is 4.99 Å². The average molecular weight is 481 g/mol. The molecule has 0 aliphatic carbocycles. The molecule has 8 heteroatoms. The van der Waals surface area contributed by atoms with Crippen molar-refractivity contribution in [3.63, 3.8) is 0 Å². The summed E-state index contributed by atoms with van der Waals surface area (Å²) in [5.74, 6) is -0.723. The van der Waals surface area contributed by atoms with Crippen LogP contribution in [0.2, 0.25) is 0 Å². The van der Waals surface area contributed by atoms with Crippen LogP contribution in [-0.4, -0.2) is 29.1 Å². The number of carbonyl (C=O) groups excluding carboxylic acids is 2. The number of pyridine rings is 1. The fourth-order valence-electron chi connectivity index (χ4n) is 3.26. The molecule has 6 nitrogen and oxygen atoms in total. The van der Waals surface area contributed by atoms with Crippen molar-refractivity contribution in [3.05, 3.63) is 82.2 Å². The molecule has 0 spiro atoms. The van der Waals surface area contributed by atoms with E-state index in [1.807, 2.05) is 19.1 Å². The van der Waals surface area contributed by atoms with Crippen LogP contribution in [0.3, 0.4) is 0 Å². The minimum Gasteiger partial charge on any atom is -0.325 e.